The van der Waals surface area contributed by atoms with Crippen molar-refractivity contribution in [2.75, 3.05) is 5.32 Å². The highest BCUT2D eigenvalue weighted by Crippen LogP contribution is 2.70. The van der Waals surface area contributed by atoms with Crippen LogP contribution in [0.1, 0.15) is 45.6 Å². The van der Waals surface area contributed by atoms with E-state index in [0.29, 0.717) is 11.4 Å². The van der Waals surface area contributed by atoms with Gasteiger partial charge in [0, 0.05) is 22.5 Å². The smallest absolute Gasteiger partial charge is 0.231 e. The molecule has 2 saturated carbocycles. The summed E-state index contributed by atoms with van der Waals surface area (Å²) in [5, 5.41) is 3.69. The van der Waals surface area contributed by atoms with Gasteiger partial charge in [0.2, 0.25) is 5.91 Å². The SMILES string of the molecule is Cc1cc(Cl)ccc1NC(=O)[C@]12CC[C@@](C)(C(=O)C1)C2(C)C. The number of nitrogens with one attached hydrogen (secondary N) is 1. The number of benzene rings is 1. The average molecular weight is 320 g/mol. The number of hydrogen-bond acceptors (Lipinski definition) is 2. The Bertz CT molecular complexity index is 682. The highest BCUT2D eigenvalue weighted by molar-refractivity contribution is 6.30. The summed E-state index contributed by atoms with van der Waals surface area (Å²) in [4.78, 5) is 25.5. The van der Waals surface area contributed by atoms with Gasteiger partial charge in [-0.2, -0.15) is 0 Å². The molecule has 0 unspecified atom stereocenters. The molecule has 2 bridgehead atoms. The van der Waals surface area contributed by atoms with Crippen LogP contribution in [0.2, 0.25) is 5.02 Å². The average Bonchev–Trinajstić information content (AvgIpc) is 2.72. The Kier molecular flexibility index (Phi) is 3.23. The van der Waals surface area contributed by atoms with Crippen LogP contribution >= 0.6 is 11.6 Å². The van der Waals surface area contributed by atoms with Crippen molar-refractivity contribution in [1.82, 2.24) is 0 Å². The zero-order valence-electron chi connectivity index (χ0n) is 13.5. The van der Waals surface area contributed by atoms with Crippen LogP contribution < -0.4 is 5.32 Å². The van der Waals surface area contributed by atoms with Gasteiger partial charge in [-0.1, -0.05) is 32.4 Å². The highest BCUT2D eigenvalue weighted by atomic mass is 35.5. The number of aryl methyl sites for hydroxylation is 1. The molecule has 0 spiro atoms. The van der Waals surface area contributed by atoms with E-state index in [4.69, 9.17) is 11.6 Å². The molecule has 2 fully saturated rings. The lowest BCUT2D eigenvalue weighted by molar-refractivity contribution is -0.131. The molecule has 1 aromatic carbocycles. The lowest BCUT2D eigenvalue weighted by atomic mass is 9.64. The quantitative estimate of drug-likeness (QED) is 0.879. The molecule has 3 rings (SSSR count). The number of carbonyl (C=O) groups is 2. The Labute approximate surface area is 136 Å². The molecule has 3 nitrogen and oxygen atoms in total. The third-order valence-corrected chi connectivity index (χ3v) is 6.81. The van der Waals surface area contributed by atoms with E-state index >= 15 is 0 Å². The first kappa shape index (κ1) is 15.5. The normalized spacial score (nSPS) is 32.3. The molecular weight excluding hydrogens is 298 g/mol. The number of halogens is 1. The molecule has 0 aromatic heterocycles. The topological polar surface area (TPSA) is 46.2 Å². The molecule has 4 heteroatoms. The first-order valence-electron chi connectivity index (χ1n) is 7.75. The van der Waals surface area contributed by atoms with Crippen LogP contribution in [0.4, 0.5) is 5.69 Å². The van der Waals surface area contributed by atoms with Gasteiger partial charge < -0.3 is 5.32 Å². The van der Waals surface area contributed by atoms with Gasteiger partial charge >= 0.3 is 0 Å². The molecule has 2 atom stereocenters. The van der Waals surface area contributed by atoms with Crippen molar-refractivity contribution in [1.29, 1.82) is 0 Å². The summed E-state index contributed by atoms with van der Waals surface area (Å²) in [7, 11) is 0. The van der Waals surface area contributed by atoms with E-state index < -0.39 is 5.41 Å². The maximum Gasteiger partial charge on any atom is 0.231 e. The summed E-state index contributed by atoms with van der Waals surface area (Å²) in [6.45, 7) is 8.08. The summed E-state index contributed by atoms with van der Waals surface area (Å²) in [6, 6.07) is 5.42. The lowest BCUT2D eigenvalue weighted by Crippen LogP contribution is -2.43. The second kappa shape index (κ2) is 4.58. The summed E-state index contributed by atoms with van der Waals surface area (Å²) < 4.78 is 0. The Balaban J connectivity index is 1.94. The third kappa shape index (κ3) is 1.75. The summed E-state index contributed by atoms with van der Waals surface area (Å²) in [5.41, 5.74) is 0.416. The first-order valence-corrected chi connectivity index (χ1v) is 8.13. The predicted octanol–water partition coefficient (Wildman–Crippen LogP) is 4.37. The monoisotopic (exact) mass is 319 g/mol. The second-order valence-electron chi connectivity index (χ2n) is 7.55. The van der Waals surface area contributed by atoms with Crippen LogP contribution in [0, 0.1) is 23.2 Å². The van der Waals surface area contributed by atoms with E-state index in [9.17, 15) is 9.59 Å². The number of carbonyl (C=O) groups excluding carboxylic acids is 2. The predicted molar refractivity (Wildman–Crippen MR) is 88.0 cm³/mol. The van der Waals surface area contributed by atoms with Crippen LogP contribution in [0.3, 0.4) is 0 Å². The van der Waals surface area contributed by atoms with Crippen LogP contribution in [-0.4, -0.2) is 11.7 Å². The fraction of sp³-hybridized carbons (Fsp3) is 0.556. The highest BCUT2D eigenvalue weighted by Gasteiger charge is 2.72. The van der Waals surface area contributed by atoms with E-state index in [0.717, 1.165) is 24.1 Å². The Morgan fingerprint density at radius 1 is 1.23 bits per heavy atom. The van der Waals surface area contributed by atoms with E-state index in [1.165, 1.54) is 0 Å². The summed E-state index contributed by atoms with van der Waals surface area (Å²) in [5.74, 6) is 0.198. The Morgan fingerprint density at radius 2 is 1.91 bits per heavy atom. The summed E-state index contributed by atoms with van der Waals surface area (Å²) in [6.07, 6.45) is 1.93. The maximum atomic E-state index is 13.0. The molecule has 1 aromatic rings. The lowest BCUT2D eigenvalue weighted by Gasteiger charge is -2.38. The molecule has 2 aliphatic carbocycles. The number of anilines is 1. The van der Waals surface area contributed by atoms with E-state index in [1.54, 1.807) is 6.07 Å². The van der Waals surface area contributed by atoms with Crippen molar-refractivity contribution in [2.24, 2.45) is 16.2 Å². The van der Waals surface area contributed by atoms with Crippen LogP contribution in [0.25, 0.3) is 0 Å². The van der Waals surface area contributed by atoms with E-state index in [1.807, 2.05) is 26.0 Å². The van der Waals surface area contributed by atoms with Crippen molar-refractivity contribution < 1.29 is 9.59 Å². The Hall–Kier alpha value is -1.35. The number of hydrogen-bond donors (Lipinski definition) is 1. The first-order chi connectivity index (χ1) is 10.1. The van der Waals surface area contributed by atoms with Crippen molar-refractivity contribution >= 4 is 29.0 Å². The van der Waals surface area contributed by atoms with Crippen molar-refractivity contribution in [3.8, 4) is 0 Å². The molecule has 0 radical (unpaired) electrons. The number of rotatable bonds is 2. The molecular formula is C18H22ClNO2. The fourth-order valence-corrected chi connectivity index (χ4v) is 4.60. The van der Waals surface area contributed by atoms with Gasteiger partial charge in [-0.25, -0.2) is 0 Å². The van der Waals surface area contributed by atoms with Crippen molar-refractivity contribution in [3.05, 3.63) is 28.8 Å². The molecule has 0 heterocycles. The third-order valence-electron chi connectivity index (χ3n) is 6.58. The van der Waals surface area contributed by atoms with Gasteiger partial charge in [0.05, 0.1) is 5.41 Å². The van der Waals surface area contributed by atoms with E-state index in [-0.39, 0.29) is 22.5 Å². The minimum atomic E-state index is -0.592. The van der Waals surface area contributed by atoms with Crippen molar-refractivity contribution in [3.63, 3.8) is 0 Å². The fourth-order valence-electron chi connectivity index (χ4n) is 4.37. The summed E-state index contributed by atoms with van der Waals surface area (Å²) >= 11 is 5.97. The second-order valence-corrected chi connectivity index (χ2v) is 7.99. The van der Waals surface area contributed by atoms with Gasteiger partial charge in [-0.05, 0) is 48.9 Å². The Morgan fingerprint density at radius 3 is 2.41 bits per heavy atom. The molecule has 1 amide bonds. The van der Waals surface area contributed by atoms with Crippen LogP contribution in [0.15, 0.2) is 18.2 Å². The van der Waals surface area contributed by atoms with Gasteiger partial charge in [0.25, 0.3) is 0 Å². The molecule has 22 heavy (non-hydrogen) atoms. The van der Waals surface area contributed by atoms with Crippen LogP contribution in [0.5, 0.6) is 0 Å². The molecule has 0 saturated heterocycles. The zero-order chi connectivity index (χ0) is 16.3. The van der Waals surface area contributed by atoms with Crippen LogP contribution in [-0.2, 0) is 9.59 Å². The van der Waals surface area contributed by atoms with E-state index in [2.05, 4.69) is 19.2 Å². The van der Waals surface area contributed by atoms with Gasteiger partial charge in [-0.15, -0.1) is 0 Å². The maximum absolute atomic E-state index is 13.0. The number of ketones is 1. The van der Waals surface area contributed by atoms with Gasteiger partial charge in [-0.3, -0.25) is 9.59 Å². The molecule has 0 aliphatic heterocycles. The number of fused-ring (bicyclic) bond motifs is 2. The number of amides is 1. The largest absolute Gasteiger partial charge is 0.325 e. The molecule has 1 N–H and O–H groups in total. The van der Waals surface area contributed by atoms with Gasteiger partial charge in [0.1, 0.15) is 5.78 Å². The minimum absolute atomic E-state index is 0.0301. The minimum Gasteiger partial charge on any atom is -0.325 e. The zero-order valence-corrected chi connectivity index (χ0v) is 14.3. The molecule has 118 valence electrons. The standard InChI is InChI=1S/C18H22ClNO2/c1-11-9-12(19)5-6-13(11)20-15(22)18-8-7-17(4,14(21)10-18)16(18,2)3/h5-6,9H,7-8,10H2,1-4H3,(H,20,22)/t17-,18-/m0/s1. The van der Waals surface area contributed by atoms with Gasteiger partial charge in [0.15, 0.2) is 0 Å². The molecule has 2 aliphatic rings. The number of Topliss-reactive ketones (excluding diaryl/α,β-unsaturated/α-hetero) is 1. The van der Waals surface area contributed by atoms with Crippen molar-refractivity contribution in [2.45, 2.75) is 47.0 Å².